The molecule has 0 saturated heterocycles. The van der Waals surface area contributed by atoms with Gasteiger partial charge in [0.2, 0.25) is 0 Å². The summed E-state index contributed by atoms with van der Waals surface area (Å²) in [6.45, 7) is 2.23. The van der Waals surface area contributed by atoms with Gasteiger partial charge in [0.1, 0.15) is 11.4 Å². The highest BCUT2D eigenvalue weighted by atomic mass is 16.5. The van der Waals surface area contributed by atoms with Gasteiger partial charge in [-0.3, -0.25) is 16.3 Å². The van der Waals surface area contributed by atoms with Gasteiger partial charge in [0.15, 0.2) is 0 Å². The Kier molecular flexibility index (Phi) is 2.88. The van der Waals surface area contributed by atoms with Gasteiger partial charge in [-0.15, -0.1) is 0 Å². The largest absolute Gasteiger partial charge is 0.495 e. The number of nitrogens with zero attached hydrogens (tertiary/aromatic N) is 1. The number of ether oxygens (including phenoxy) is 1. The van der Waals surface area contributed by atoms with Crippen LogP contribution in [0.1, 0.15) is 25.1 Å². The van der Waals surface area contributed by atoms with Gasteiger partial charge in [0.25, 0.3) is 0 Å². The lowest BCUT2D eigenvalue weighted by molar-refractivity contribution is 0.383. The lowest BCUT2D eigenvalue weighted by Crippen LogP contribution is -2.30. The fraction of sp³-hybridized carbons (Fsp3) is 0.545. The van der Waals surface area contributed by atoms with Gasteiger partial charge >= 0.3 is 0 Å². The molecule has 0 bridgehead atoms. The zero-order chi connectivity index (χ0) is 10.8. The molecule has 82 valence electrons. The van der Waals surface area contributed by atoms with Crippen molar-refractivity contribution in [1.29, 1.82) is 0 Å². The Morgan fingerprint density at radius 2 is 2.40 bits per heavy atom. The summed E-state index contributed by atoms with van der Waals surface area (Å²) < 4.78 is 5.28. The summed E-state index contributed by atoms with van der Waals surface area (Å²) in [4.78, 5) is 4.35. The normalized spacial score (nSPS) is 26.1. The van der Waals surface area contributed by atoms with Crippen molar-refractivity contribution in [3.63, 3.8) is 0 Å². The second kappa shape index (κ2) is 4.16. The van der Waals surface area contributed by atoms with E-state index in [4.69, 9.17) is 10.6 Å². The van der Waals surface area contributed by atoms with E-state index in [2.05, 4.69) is 17.3 Å². The van der Waals surface area contributed by atoms with Crippen LogP contribution < -0.4 is 16.0 Å². The number of nitrogens with one attached hydrogen (secondary N) is 1. The molecule has 1 aromatic heterocycles. The van der Waals surface area contributed by atoms with Crippen molar-refractivity contribution in [2.24, 2.45) is 17.7 Å². The van der Waals surface area contributed by atoms with Gasteiger partial charge in [-0.05, 0) is 30.4 Å². The van der Waals surface area contributed by atoms with Crippen molar-refractivity contribution in [2.45, 2.75) is 19.4 Å². The maximum absolute atomic E-state index is 5.59. The van der Waals surface area contributed by atoms with Crippen molar-refractivity contribution in [2.75, 3.05) is 7.11 Å². The number of hydrazine groups is 1. The highest BCUT2D eigenvalue weighted by Crippen LogP contribution is 2.47. The van der Waals surface area contributed by atoms with Gasteiger partial charge in [0.05, 0.1) is 13.2 Å². The first kappa shape index (κ1) is 10.4. The Balaban J connectivity index is 2.25. The summed E-state index contributed by atoms with van der Waals surface area (Å²) in [5, 5.41) is 0. The van der Waals surface area contributed by atoms with E-state index in [1.807, 2.05) is 12.1 Å². The summed E-state index contributed by atoms with van der Waals surface area (Å²) in [6.07, 6.45) is 2.98. The summed E-state index contributed by atoms with van der Waals surface area (Å²) in [5.41, 5.74) is 3.76. The van der Waals surface area contributed by atoms with Gasteiger partial charge in [0, 0.05) is 6.20 Å². The molecule has 3 atom stereocenters. The molecule has 0 spiro atoms. The first-order valence-corrected chi connectivity index (χ1v) is 5.23. The smallest absolute Gasteiger partial charge is 0.142 e. The van der Waals surface area contributed by atoms with Crippen molar-refractivity contribution in [3.8, 4) is 5.75 Å². The van der Waals surface area contributed by atoms with Gasteiger partial charge in [-0.25, -0.2) is 0 Å². The third kappa shape index (κ3) is 1.96. The van der Waals surface area contributed by atoms with Crippen LogP contribution in [0.5, 0.6) is 5.75 Å². The average Bonchev–Trinajstić information content (AvgIpc) is 2.97. The van der Waals surface area contributed by atoms with Crippen LogP contribution in [0.3, 0.4) is 0 Å². The predicted octanol–water partition coefficient (Wildman–Crippen LogP) is 1.25. The molecule has 0 amide bonds. The van der Waals surface area contributed by atoms with Crippen LogP contribution in [0.4, 0.5) is 0 Å². The minimum absolute atomic E-state index is 0.108. The number of rotatable bonds is 4. The van der Waals surface area contributed by atoms with Crippen molar-refractivity contribution in [1.82, 2.24) is 10.4 Å². The Labute approximate surface area is 89.8 Å². The second-order valence-electron chi connectivity index (χ2n) is 4.11. The molecule has 4 nitrogen and oxygen atoms in total. The van der Waals surface area contributed by atoms with Crippen LogP contribution in [0, 0.1) is 11.8 Å². The van der Waals surface area contributed by atoms with Crippen LogP contribution in [0.25, 0.3) is 0 Å². The van der Waals surface area contributed by atoms with Crippen LogP contribution in [0.2, 0.25) is 0 Å². The molecule has 0 aromatic carbocycles. The van der Waals surface area contributed by atoms with Crippen molar-refractivity contribution in [3.05, 3.63) is 24.0 Å². The van der Waals surface area contributed by atoms with Crippen LogP contribution in [-0.2, 0) is 0 Å². The fourth-order valence-electron chi connectivity index (χ4n) is 2.03. The lowest BCUT2D eigenvalue weighted by atomic mass is 10.1. The lowest BCUT2D eigenvalue weighted by Gasteiger charge is -2.17. The molecule has 1 heterocycles. The van der Waals surface area contributed by atoms with Crippen LogP contribution in [0.15, 0.2) is 18.3 Å². The topological polar surface area (TPSA) is 60.2 Å². The Bertz CT molecular complexity index is 342. The monoisotopic (exact) mass is 207 g/mol. The first-order chi connectivity index (χ1) is 7.27. The number of methoxy groups -OCH3 is 1. The van der Waals surface area contributed by atoms with Crippen LogP contribution in [-0.4, -0.2) is 12.1 Å². The molecular formula is C11H17N3O. The number of aromatic nitrogens is 1. The minimum Gasteiger partial charge on any atom is -0.495 e. The number of nitrogens with two attached hydrogens (primary N) is 1. The van der Waals surface area contributed by atoms with Crippen LogP contribution >= 0.6 is 0 Å². The van der Waals surface area contributed by atoms with E-state index in [0.29, 0.717) is 5.92 Å². The summed E-state index contributed by atoms with van der Waals surface area (Å²) in [5.74, 6) is 7.69. The van der Waals surface area contributed by atoms with Crippen molar-refractivity contribution >= 4 is 0 Å². The Morgan fingerprint density at radius 3 is 2.93 bits per heavy atom. The number of hydrogen-bond acceptors (Lipinski definition) is 4. The third-order valence-corrected chi connectivity index (χ3v) is 3.09. The van der Waals surface area contributed by atoms with Gasteiger partial charge < -0.3 is 4.74 Å². The second-order valence-corrected chi connectivity index (χ2v) is 4.11. The molecular weight excluding hydrogens is 190 g/mol. The Hall–Kier alpha value is -1.13. The van der Waals surface area contributed by atoms with Gasteiger partial charge in [-0.2, -0.15) is 0 Å². The zero-order valence-electron chi connectivity index (χ0n) is 9.10. The molecule has 2 rings (SSSR count). The molecule has 3 N–H and O–H groups in total. The molecule has 3 unspecified atom stereocenters. The van der Waals surface area contributed by atoms with E-state index in [1.54, 1.807) is 13.3 Å². The molecule has 1 aliphatic carbocycles. The molecule has 0 radical (unpaired) electrons. The van der Waals surface area contributed by atoms with E-state index in [1.165, 1.54) is 6.42 Å². The van der Waals surface area contributed by atoms with Crippen molar-refractivity contribution < 1.29 is 4.74 Å². The summed E-state index contributed by atoms with van der Waals surface area (Å²) >= 11 is 0. The summed E-state index contributed by atoms with van der Waals surface area (Å²) in [6, 6.07) is 3.89. The standard InChI is InChI=1S/C11H17N3O/c1-7-6-8(7)10(14-12)11-9(15-2)4-3-5-13-11/h3-5,7-8,10,14H,6,12H2,1-2H3. The minimum atomic E-state index is 0.108. The zero-order valence-corrected chi connectivity index (χ0v) is 9.10. The maximum Gasteiger partial charge on any atom is 0.142 e. The number of hydrogen-bond donors (Lipinski definition) is 2. The number of pyridine rings is 1. The molecule has 4 heteroatoms. The SMILES string of the molecule is COc1cccnc1C(NN)C1CC1C. The van der Waals surface area contributed by atoms with E-state index in [-0.39, 0.29) is 6.04 Å². The Morgan fingerprint density at radius 1 is 1.67 bits per heavy atom. The molecule has 0 aliphatic heterocycles. The quantitative estimate of drug-likeness (QED) is 0.576. The highest BCUT2D eigenvalue weighted by Gasteiger charge is 2.41. The molecule has 1 fully saturated rings. The van der Waals surface area contributed by atoms with E-state index in [0.717, 1.165) is 17.4 Å². The fourth-order valence-corrected chi connectivity index (χ4v) is 2.03. The van der Waals surface area contributed by atoms with Gasteiger partial charge in [-0.1, -0.05) is 6.92 Å². The molecule has 1 aromatic rings. The van der Waals surface area contributed by atoms with E-state index in [9.17, 15) is 0 Å². The molecule has 15 heavy (non-hydrogen) atoms. The first-order valence-electron chi connectivity index (χ1n) is 5.23. The average molecular weight is 207 g/mol. The molecule has 1 saturated carbocycles. The molecule has 1 aliphatic rings. The van der Waals surface area contributed by atoms with E-state index >= 15 is 0 Å². The predicted molar refractivity (Wildman–Crippen MR) is 58.1 cm³/mol. The highest BCUT2D eigenvalue weighted by molar-refractivity contribution is 5.30. The van der Waals surface area contributed by atoms with E-state index < -0.39 is 0 Å². The maximum atomic E-state index is 5.59. The summed E-state index contributed by atoms with van der Waals surface area (Å²) in [7, 11) is 1.66. The third-order valence-electron chi connectivity index (χ3n) is 3.09.